The molecule has 0 saturated carbocycles. The van der Waals surface area contributed by atoms with Crippen LogP contribution in [-0.4, -0.2) is 16.2 Å². The quantitative estimate of drug-likeness (QED) is 0.892. The summed E-state index contributed by atoms with van der Waals surface area (Å²) < 4.78 is 0. The van der Waals surface area contributed by atoms with Gasteiger partial charge >= 0.3 is 5.97 Å². The highest BCUT2D eigenvalue weighted by molar-refractivity contribution is 6.32. The van der Waals surface area contributed by atoms with Crippen molar-refractivity contribution in [2.75, 3.05) is 0 Å². The fraction of sp³-hybridized carbons (Fsp3) is 0.0714. The maximum atomic E-state index is 11.0. The lowest BCUT2D eigenvalue weighted by atomic mass is 10.0. The molecule has 2 rings (SSSR count). The second-order valence-electron chi connectivity index (χ2n) is 3.94. The third-order valence-corrected chi connectivity index (χ3v) is 2.89. The fourth-order valence-corrected chi connectivity index (χ4v) is 1.99. The van der Waals surface area contributed by atoms with E-state index in [2.05, 4.69) is 0 Å². The number of aromatic hydroxyl groups is 1. The largest absolute Gasteiger partial charge is 0.505 e. The molecule has 0 aliphatic carbocycles. The molecule has 0 radical (unpaired) electrons. The van der Waals surface area contributed by atoms with Crippen LogP contribution in [-0.2, 0) is 6.42 Å². The van der Waals surface area contributed by atoms with Gasteiger partial charge in [0.05, 0.1) is 5.02 Å². The molecule has 0 bridgehead atoms. The van der Waals surface area contributed by atoms with Gasteiger partial charge in [0.15, 0.2) is 0 Å². The smallest absolute Gasteiger partial charge is 0.339 e. The second-order valence-corrected chi connectivity index (χ2v) is 4.35. The Balaban J connectivity index is 2.38. The third kappa shape index (κ3) is 2.63. The average molecular weight is 263 g/mol. The second kappa shape index (κ2) is 5.10. The van der Waals surface area contributed by atoms with Crippen LogP contribution in [0.15, 0.2) is 42.5 Å². The Hall–Kier alpha value is -2.00. The minimum absolute atomic E-state index is 0.0563. The minimum Gasteiger partial charge on any atom is -0.505 e. The molecule has 0 heterocycles. The van der Waals surface area contributed by atoms with Crippen molar-refractivity contribution in [2.24, 2.45) is 0 Å². The highest BCUT2D eigenvalue weighted by atomic mass is 35.5. The lowest BCUT2D eigenvalue weighted by Crippen LogP contribution is -1.99. The van der Waals surface area contributed by atoms with Crippen LogP contribution in [0.3, 0.4) is 0 Å². The number of halogens is 1. The first-order valence-corrected chi connectivity index (χ1v) is 5.74. The summed E-state index contributed by atoms with van der Waals surface area (Å²) in [5.74, 6) is -1.58. The first kappa shape index (κ1) is 12.5. The highest BCUT2D eigenvalue weighted by Gasteiger charge is 2.14. The molecular formula is C14H11ClO3. The van der Waals surface area contributed by atoms with E-state index in [1.165, 1.54) is 6.07 Å². The van der Waals surface area contributed by atoms with Crippen molar-refractivity contribution in [3.05, 3.63) is 64.2 Å². The molecule has 0 fully saturated rings. The number of benzene rings is 2. The van der Waals surface area contributed by atoms with Crippen molar-refractivity contribution in [1.29, 1.82) is 0 Å². The van der Waals surface area contributed by atoms with Crippen molar-refractivity contribution in [1.82, 2.24) is 0 Å². The fourth-order valence-electron chi connectivity index (χ4n) is 1.75. The molecule has 2 N–H and O–H groups in total. The van der Waals surface area contributed by atoms with Gasteiger partial charge in [-0.15, -0.1) is 0 Å². The van der Waals surface area contributed by atoms with Gasteiger partial charge < -0.3 is 10.2 Å². The molecule has 3 nitrogen and oxygen atoms in total. The molecule has 0 aromatic heterocycles. The van der Waals surface area contributed by atoms with Gasteiger partial charge in [-0.2, -0.15) is 0 Å². The molecule has 2 aromatic carbocycles. The van der Waals surface area contributed by atoms with Gasteiger partial charge in [0.1, 0.15) is 11.3 Å². The van der Waals surface area contributed by atoms with Crippen LogP contribution in [0, 0.1) is 0 Å². The molecule has 0 spiro atoms. The monoisotopic (exact) mass is 262 g/mol. The summed E-state index contributed by atoms with van der Waals surface area (Å²) in [6.45, 7) is 0. The molecule has 2 aromatic rings. The van der Waals surface area contributed by atoms with Crippen LogP contribution in [0.2, 0.25) is 5.02 Å². The number of hydrogen-bond donors (Lipinski definition) is 2. The molecule has 4 heteroatoms. The summed E-state index contributed by atoms with van der Waals surface area (Å²) in [6.07, 6.45) is 0.571. The number of hydrogen-bond acceptors (Lipinski definition) is 2. The Morgan fingerprint density at radius 3 is 2.39 bits per heavy atom. The number of carboxylic acid groups (broad SMARTS) is 1. The maximum absolute atomic E-state index is 11.0. The zero-order valence-corrected chi connectivity index (χ0v) is 10.2. The van der Waals surface area contributed by atoms with Crippen LogP contribution >= 0.6 is 11.6 Å². The van der Waals surface area contributed by atoms with E-state index in [0.29, 0.717) is 6.42 Å². The van der Waals surface area contributed by atoms with E-state index in [1.807, 2.05) is 30.3 Å². The van der Waals surface area contributed by atoms with Crippen LogP contribution in [0.1, 0.15) is 21.5 Å². The minimum atomic E-state index is -1.19. The predicted octanol–water partition coefficient (Wildman–Crippen LogP) is 3.33. The van der Waals surface area contributed by atoms with Crippen LogP contribution in [0.25, 0.3) is 0 Å². The topological polar surface area (TPSA) is 57.5 Å². The Labute approximate surface area is 109 Å². The van der Waals surface area contributed by atoms with Crippen molar-refractivity contribution >= 4 is 17.6 Å². The van der Waals surface area contributed by atoms with Crippen LogP contribution in [0.5, 0.6) is 5.75 Å². The molecule has 18 heavy (non-hydrogen) atoms. The number of carbonyl (C=O) groups is 1. The van der Waals surface area contributed by atoms with Crippen molar-refractivity contribution in [3.63, 3.8) is 0 Å². The highest BCUT2D eigenvalue weighted by Crippen LogP contribution is 2.29. The van der Waals surface area contributed by atoms with Gasteiger partial charge in [0.25, 0.3) is 0 Å². The molecule has 0 atom stereocenters. The van der Waals surface area contributed by atoms with Crippen LogP contribution < -0.4 is 0 Å². The van der Waals surface area contributed by atoms with E-state index in [0.717, 1.165) is 11.1 Å². The van der Waals surface area contributed by atoms with Crippen LogP contribution in [0.4, 0.5) is 0 Å². The van der Waals surface area contributed by atoms with Gasteiger partial charge in [-0.25, -0.2) is 4.79 Å². The van der Waals surface area contributed by atoms with E-state index < -0.39 is 5.97 Å². The summed E-state index contributed by atoms with van der Waals surface area (Å²) >= 11 is 5.82. The SMILES string of the molecule is O=C(O)c1cc(Cc2ccccc2)cc(Cl)c1O. The van der Waals surface area contributed by atoms with Gasteiger partial charge in [-0.1, -0.05) is 41.9 Å². The van der Waals surface area contributed by atoms with Crippen molar-refractivity contribution in [2.45, 2.75) is 6.42 Å². The van der Waals surface area contributed by atoms with Gasteiger partial charge in [-0.05, 0) is 29.7 Å². The zero-order valence-electron chi connectivity index (χ0n) is 9.43. The summed E-state index contributed by atoms with van der Waals surface area (Å²) in [5, 5.41) is 18.6. The van der Waals surface area contributed by atoms with E-state index in [-0.39, 0.29) is 16.3 Å². The molecule has 0 aliphatic rings. The molecular weight excluding hydrogens is 252 g/mol. The van der Waals surface area contributed by atoms with Gasteiger partial charge in [0.2, 0.25) is 0 Å². The number of aromatic carboxylic acids is 1. The summed E-state index contributed by atoms with van der Waals surface area (Å²) in [7, 11) is 0. The molecule has 92 valence electrons. The maximum Gasteiger partial charge on any atom is 0.339 e. The first-order chi connectivity index (χ1) is 8.58. The zero-order chi connectivity index (χ0) is 13.1. The van der Waals surface area contributed by atoms with Crippen molar-refractivity contribution in [3.8, 4) is 5.75 Å². The summed E-state index contributed by atoms with van der Waals surface area (Å²) in [4.78, 5) is 11.0. The van der Waals surface area contributed by atoms with E-state index in [4.69, 9.17) is 16.7 Å². The molecule has 0 amide bonds. The molecule has 0 unspecified atom stereocenters. The lowest BCUT2D eigenvalue weighted by molar-refractivity contribution is 0.0693. The Morgan fingerprint density at radius 1 is 1.11 bits per heavy atom. The lowest BCUT2D eigenvalue weighted by Gasteiger charge is -2.07. The number of rotatable bonds is 3. The average Bonchev–Trinajstić information content (AvgIpc) is 2.34. The Kier molecular flexibility index (Phi) is 3.53. The number of carboxylic acids is 1. The van der Waals surface area contributed by atoms with E-state index in [1.54, 1.807) is 6.07 Å². The molecule has 0 saturated heterocycles. The van der Waals surface area contributed by atoms with E-state index in [9.17, 15) is 9.90 Å². The standard InChI is InChI=1S/C14H11ClO3/c15-12-8-10(6-9-4-2-1-3-5-9)7-11(13(12)16)14(17)18/h1-5,7-8,16H,6H2,(H,17,18). The first-order valence-electron chi connectivity index (χ1n) is 5.36. The third-order valence-electron chi connectivity index (χ3n) is 2.60. The normalized spacial score (nSPS) is 10.3. The predicted molar refractivity (Wildman–Crippen MR) is 69.3 cm³/mol. The molecule has 0 aliphatic heterocycles. The van der Waals surface area contributed by atoms with E-state index >= 15 is 0 Å². The Bertz CT molecular complexity index is 579. The van der Waals surface area contributed by atoms with Gasteiger partial charge in [-0.3, -0.25) is 0 Å². The number of phenols is 1. The Morgan fingerprint density at radius 2 is 1.78 bits per heavy atom. The summed E-state index contributed by atoms with van der Waals surface area (Å²) in [6, 6.07) is 12.6. The van der Waals surface area contributed by atoms with Gasteiger partial charge in [0, 0.05) is 0 Å². The summed E-state index contributed by atoms with van der Waals surface area (Å²) in [5.41, 5.74) is 1.63. The van der Waals surface area contributed by atoms with Crippen molar-refractivity contribution < 1.29 is 15.0 Å².